The molecule has 4 aromatic rings. The molecular weight excluding hydrogens is 801 g/mol. The Morgan fingerprint density at radius 3 is 1.87 bits per heavy atom. The fourth-order valence-corrected chi connectivity index (χ4v) is 7.04. The van der Waals surface area contributed by atoms with Crippen molar-refractivity contribution in [3.63, 3.8) is 0 Å². The van der Waals surface area contributed by atoms with E-state index in [1.165, 1.54) is 0 Å². The molecule has 1 fully saturated rings. The molecule has 0 bridgehead atoms. The summed E-state index contributed by atoms with van der Waals surface area (Å²) in [6.45, 7) is 0.920. The first-order valence-corrected chi connectivity index (χ1v) is 21.3. The van der Waals surface area contributed by atoms with Gasteiger partial charge in [0, 0.05) is 10.8 Å². The number of amidine groups is 1. The summed E-state index contributed by atoms with van der Waals surface area (Å²) in [4.78, 5) is 45.4. The molecule has 0 spiro atoms. The predicted octanol–water partition coefficient (Wildman–Crippen LogP) is 7.62. The molecule has 2 amide bonds. The van der Waals surface area contributed by atoms with Crippen LogP contribution in [0.3, 0.4) is 0 Å². The summed E-state index contributed by atoms with van der Waals surface area (Å²) in [6.07, 6.45) is 3.37. The van der Waals surface area contributed by atoms with Crippen molar-refractivity contribution in [2.45, 2.75) is 83.2 Å². The van der Waals surface area contributed by atoms with Crippen LogP contribution in [-0.4, -0.2) is 66.7 Å². The number of benzene rings is 4. The molecule has 3 N–H and O–H groups in total. The number of carbonyl (C=O) groups is 3. The van der Waals surface area contributed by atoms with Gasteiger partial charge in [-0.2, -0.15) is 0 Å². The van der Waals surface area contributed by atoms with Gasteiger partial charge in [0.15, 0.2) is 6.29 Å². The third kappa shape index (κ3) is 15.5. The van der Waals surface area contributed by atoms with E-state index in [9.17, 15) is 18.9 Å². The van der Waals surface area contributed by atoms with E-state index < -0.39 is 45.0 Å². The van der Waals surface area contributed by atoms with E-state index in [1.54, 1.807) is 12.3 Å². The zero-order chi connectivity index (χ0) is 42.5. The Morgan fingerprint density at radius 2 is 1.26 bits per heavy atom. The molecule has 5 atom stereocenters. The molecule has 4 aromatic carbocycles. The molecule has 2 aliphatic heterocycles. The standard InChI is InChI=1S/C45H50N5O10P/c51-42(55-29-34-15-5-1-6-16-34)39(47-44(52)56-30-35-17-7-2-8-18-35)23-13-14-27-46-43-48-40(49-45(53)57-31-36-19-9-3-10-20-36)26-28-50(43)41-25-24-38(60-41)33-59-61(54)58-32-37-21-11-4-12-22-37/h1-12,15-22,26,28,38-39,41,43,46H,13-14,23-25,27,29-33H2,(H-,47,48,49,52,53)/p+1/t38-,39-,41+,43?/m0/s1. The maximum Gasteiger partial charge on any atom is 0.697 e. The van der Waals surface area contributed by atoms with E-state index in [-0.39, 0.29) is 51.4 Å². The third-order valence-electron chi connectivity index (χ3n) is 9.61. The second kappa shape index (κ2) is 24.3. The average molecular weight is 853 g/mol. The molecule has 1 saturated heterocycles. The summed E-state index contributed by atoms with van der Waals surface area (Å²) >= 11 is 0. The Labute approximate surface area is 356 Å². The second-order valence-corrected chi connectivity index (χ2v) is 15.2. The van der Waals surface area contributed by atoms with Crippen molar-refractivity contribution in [3.05, 3.63) is 156 Å². The quantitative estimate of drug-likeness (QED) is 0.0324. The minimum Gasteiger partial charge on any atom is -0.459 e. The summed E-state index contributed by atoms with van der Waals surface area (Å²) in [5.74, 6) is -0.280. The summed E-state index contributed by atoms with van der Waals surface area (Å²) in [7, 11) is -2.34. The highest BCUT2D eigenvalue weighted by Gasteiger charge is 2.36. The maximum absolute atomic E-state index is 13.2. The second-order valence-electron chi connectivity index (χ2n) is 14.2. The number of aliphatic imine (C=N–C) groups is 1. The lowest BCUT2D eigenvalue weighted by molar-refractivity contribution is -0.147. The van der Waals surface area contributed by atoms with Crippen molar-refractivity contribution in [2.24, 2.45) is 4.99 Å². The number of carbonyl (C=O) groups excluding carboxylic acids is 3. The SMILES string of the molecule is O=C(NC1=NC(NCCCC[C@H](NC(=O)OCc2ccccc2)C(=O)OCc2ccccc2)N([C@H]2CC[C@@H](CO[P+](=O)OCc3ccccc3)O2)C=C1)OCc1ccccc1. The molecular formula is C45H51N5O10P+. The Kier molecular flexibility index (Phi) is 17.8. The Morgan fingerprint density at radius 1 is 0.705 bits per heavy atom. The number of hydrogen-bond acceptors (Lipinski definition) is 13. The zero-order valence-electron chi connectivity index (χ0n) is 33.7. The van der Waals surface area contributed by atoms with E-state index in [2.05, 4.69) is 16.0 Å². The zero-order valence-corrected chi connectivity index (χ0v) is 34.6. The number of unbranched alkanes of at least 4 members (excludes halogenated alkanes) is 1. The number of rotatable bonds is 21. The van der Waals surface area contributed by atoms with Gasteiger partial charge in [-0.25, -0.2) is 19.4 Å². The van der Waals surface area contributed by atoms with Crippen LogP contribution in [0.1, 0.15) is 54.4 Å². The third-order valence-corrected chi connectivity index (χ3v) is 10.3. The van der Waals surface area contributed by atoms with Gasteiger partial charge in [0.25, 0.3) is 0 Å². The van der Waals surface area contributed by atoms with Crippen LogP contribution in [0.2, 0.25) is 0 Å². The largest absolute Gasteiger partial charge is 0.697 e. The monoisotopic (exact) mass is 852 g/mol. The molecule has 15 nitrogen and oxygen atoms in total. The van der Waals surface area contributed by atoms with E-state index >= 15 is 0 Å². The fraction of sp³-hybridized carbons (Fsp3) is 0.333. The Bertz CT molecular complexity index is 2050. The topological polar surface area (TPSA) is 175 Å². The van der Waals surface area contributed by atoms with E-state index in [4.69, 9.17) is 33.0 Å². The molecule has 2 unspecified atom stereocenters. The maximum atomic E-state index is 13.2. The van der Waals surface area contributed by atoms with E-state index in [0.29, 0.717) is 32.2 Å². The van der Waals surface area contributed by atoms with Crippen LogP contribution in [0.4, 0.5) is 9.59 Å². The number of hydrogen-bond donors (Lipinski definition) is 3. The molecule has 0 aromatic heterocycles. The lowest BCUT2D eigenvalue weighted by Gasteiger charge is -2.35. The van der Waals surface area contributed by atoms with Crippen molar-refractivity contribution >= 4 is 32.2 Å². The van der Waals surface area contributed by atoms with Crippen LogP contribution in [0.15, 0.2) is 139 Å². The van der Waals surface area contributed by atoms with Crippen LogP contribution in [0.5, 0.6) is 0 Å². The molecule has 2 heterocycles. The van der Waals surface area contributed by atoms with Crippen LogP contribution in [-0.2, 0) is 63.8 Å². The van der Waals surface area contributed by atoms with Crippen molar-refractivity contribution < 1.29 is 46.9 Å². The highest BCUT2D eigenvalue weighted by Crippen LogP contribution is 2.31. The van der Waals surface area contributed by atoms with Crippen molar-refractivity contribution in [1.29, 1.82) is 0 Å². The smallest absolute Gasteiger partial charge is 0.459 e. The van der Waals surface area contributed by atoms with Crippen LogP contribution in [0, 0.1) is 0 Å². The minimum atomic E-state index is -2.34. The van der Waals surface area contributed by atoms with Gasteiger partial charge in [0.1, 0.15) is 51.1 Å². The first-order chi connectivity index (χ1) is 29.9. The lowest BCUT2D eigenvalue weighted by atomic mass is 10.1. The Balaban J connectivity index is 1.02. The molecule has 2 aliphatic rings. The molecule has 0 aliphatic carbocycles. The highest BCUT2D eigenvalue weighted by molar-refractivity contribution is 7.33. The van der Waals surface area contributed by atoms with Crippen molar-refractivity contribution in [1.82, 2.24) is 20.9 Å². The van der Waals surface area contributed by atoms with Crippen LogP contribution < -0.4 is 16.0 Å². The van der Waals surface area contributed by atoms with Gasteiger partial charge < -0.3 is 29.2 Å². The summed E-state index contributed by atoms with van der Waals surface area (Å²) < 4.78 is 46.0. The molecule has 0 radical (unpaired) electrons. The molecule has 320 valence electrons. The molecule has 6 rings (SSSR count). The molecule has 0 saturated carbocycles. The Hall–Kier alpha value is -5.96. The lowest BCUT2D eigenvalue weighted by Crippen LogP contribution is -2.50. The summed E-state index contributed by atoms with van der Waals surface area (Å²) in [6, 6.07) is 36.4. The van der Waals surface area contributed by atoms with Gasteiger partial charge in [-0.05, 0) is 67.0 Å². The average Bonchev–Trinajstić information content (AvgIpc) is 3.78. The number of esters is 1. The van der Waals surface area contributed by atoms with Gasteiger partial charge in [0.2, 0.25) is 0 Å². The molecule has 61 heavy (non-hydrogen) atoms. The number of ether oxygens (including phenoxy) is 4. The fourth-order valence-electron chi connectivity index (χ4n) is 6.42. The van der Waals surface area contributed by atoms with Gasteiger partial charge >= 0.3 is 26.4 Å². The number of nitrogens with zero attached hydrogens (tertiary/aromatic N) is 2. The normalized spacial score (nSPS) is 17.8. The summed E-state index contributed by atoms with van der Waals surface area (Å²) in [5, 5.41) is 8.82. The minimum absolute atomic E-state index is 0.0540. The first kappa shape index (κ1) is 44.6. The number of amides is 2. The van der Waals surface area contributed by atoms with E-state index in [1.807, 2.05) is 126 Å². The van der Waals surface area contributed by atoms with Crippen molar-refractivity contribution in [2.75, 3.05) is 13.2 Å². The van der Waals surface area contributed by atoms with Gasteiger partial charge in [-0.3, -0.25) is 10.6 Å². The van der Waals surface area contributed by atoms with Gasteiger partial charge in [-0.1, -0.05) is 121 Å². The van der Waals surface area contributed by atoms with Crippen molar-refractivity contribution in [3.8, 4) is 0 Å². The van der Waals surface area contributed by atoms with Gasteiger partial charge in [-0.15, -0.1) is 9.05 Å². The summed E-state index contributed by atoms with van der Waals surface area (Å²) in [5.41, 5.74) is 3.37. The predicted molar refractivity (Wildman–Crippen MR) is 226 cm³/mol. The van der Waals surface area contributed by atoms with Crippen LogP contribution in [0.25, 0.3) is 0 Å². The number of alkyl carbamates (subject to hydrolysis) is 2. The highest BCUT2D eigenvalue weighted by atomic mass is 31.1. The first-order valence-electron chi connectivity index (χ1n) is 20.2. The number of nitrogens with one attached hydrogen (secondary N) is 3. The van der Waals surface area contributed by atoms with E-state index in [0.717, 1.165) is 22.3 Å². The van der Waals surface area contributed by atoms with Crippen LogP contribution >= 0.6 is 8.25 Å². The molecule has 16 heteroatoms. The van der Waals surface area contributed by atoms with Gasteiger partial charge in [0.05, 0.1) is 6.10 Å².